The van der Waals surface area contributed by atoms with Crippen LogP contribution in [-0.4, -0.2) is 41.7 Å². The molecule has 0 spiro atoms. The van der Waals surface area contributed by atoms with Crippen molar-refractivity contribution in [2.45, 2.75) is 52.2 Å². The molecule has 128 valence electrons. The zero-order valence-corrected chi connectivity index (χ0v) is 14.3. The summed E-state index contributed by atoms with van der Waals surface area (Å²) >= 11 is 0. The van der Waals surface area contributed by atoms with E-state index in [0.717, 1.165) is 38.0 Å². The fourth-order valence-corrected chi connectivity index (χ4v) is 2.87. The zero-order valence-electron chi connectivity index (χ0n) is 14.3. The number of carbonyl (C=O) groups is 1. The Morgan fingerprint density at radius 2 is 1.96 bits per heavy atom. The van der Waals surface area contributed by atoms with Gasteiger partial charge in [0.2, 0.25) is 0 Å². The molecule has 1 aromatic rings. The molecule has 0 radical (unpaired) electrons. The topological polar surface area (TPSA) is 61.8 Å². The Kier molecular flexibility index (Phi) is 6.42. The van der Waals surface area contributed by atoms with Crippen molar-refractivity contribution in [1.29, 1.82) is 0 Å². The van der Waals surface area contributed by atoms with E-state index in [-0.39, 0.29) is 5.91 Å². The number of hydrogen-bond acceptors (Lipinski definition) is 4. The van der Waals surface area contributed by atoms with Crippen LogP contribution in [-0.2, 0) is 4.79 Å². The molecular formula is C18H28N2O3. The molecule has 2 unspecified atom stereocenters. The highest BCUT2D eigenvalue weighted by atomic mass is 16.5. The van der Waals surface area contributed by atoms with Crippen molar-refractivity contribution in [3.8, 4) is 5.75 Å². The molecule has 1 heterocycles. The van der Waals surface area contributed by atoms with Crippen LogP contribution in [0.4, 0.5) is 5.69 Å². The van der Waals surface area contributed by atoms with Crippen LogP contribution in [0, 0.1) is 0 Å². The molecule has 5 heteroatoms. The van der Waals surface area contributed by atoms with Crippen molar-refractivity contribution in [1.82, 2.24) is 4.90 Å². The van der Waals surface area contributed by atoms with Crippen LogP contribution < -0.4 is 10.1 Å². The Bertz CT molecular complexity index is 527. The average molecular weight is 320 g/mol. The Morgan fingerprint density at radius 3 is 2.61 bits per heavy atom. The lowest BCUT2D eigenvalue weighted by molar-refractivity contribution is -0.122. The number of nitrogens with zero attached hydrogens (tertiary/aromatic N) is 1. The molecule has 1 amide bonds. The Morgan fingerprint density at radius 1 is 1.26 bits per heavy atom. The summed E-state index contributed by atoms with van der Waals surface area (Å²) in [5.41, 5.74) is 1.46. The van der Waals surface area contributed by atoms with E-state index in [4.69, 9.17) is 4.74 Å². The number of carbonyl (C=O) groups excluding carboxylic acids is 1. The zero-order chi connectivity index (χ0) is 16.8. The van der Waals surface area contributed by atoms with E-state index in [1.807, 2.05) is 18.2 Å². The van der Waals surface area contributed by atoms with Crippen LogP contribution in [0.5, 0.6) is 5.75 Å². The highest BCUT2D eigenvalue weighted by molar-refractivity contribution is 5.97. The number of aliphatic hydroxyl groups is 1. The van der Waals surface area contributed by atoms with E-state index >= 15 is 0 Å². The largest absolute Gasteiger partial charge is 0.479 e. The minimum absolute atomic E-state index is 0.152. The van der Waals surface area contributed by atoms with E-state index < -0.39 is 12.2 Å². The standard InChI is InChI=1S/C18H28N2O3/c1-4-9-20(10-5-2)11-8-16(21)14-6-7-17-15(12-14)19-18(22)13(3)23-17/h6-7,12-13,16,21H,4-5,8-11H2,1-3H3,(H,19,22). The first-order chi connectivity index (χ1) is 11.0. The summed E-state index contributed by atoms with van der Waals surface area (Å²) in [5.74, 6) is 0.507. The van der Waals surface area contributed by atoms with E-state index in [2.05, 4.69) is 24.1 Å². The van der Waals surface area contributed by atoms with Crippen LogP contribution >= 0.6 is 0 Å². The highest BCUT2D eigenvalue weighted by Gasteiger charge is 2.24. The van der Waals surface area contributed by atoms with Gasteiger partial charge in [-0.25, -0.2) is 0 Å². The second-order valence-electron chi connectivity index (χ2n) is 6.15. The minimum Gasteiger partial charge on any atom is -0.479 e. The minimum atomic E-state index is -0.534. The summed E-state index contributed by atoms with van der Waals surface area (Å²) < 4.78 is 5.54. The van der Waals surface area contributed by atoms with Crippen LogP contribution in [0.15, 0.2) is 18.2 Å². The van der Waals surface area contributed by atoms with Gasteiger partial charge in [0, 0.05) is 6.54 Å². The maximum absolute atomic E-state index is 11.7. The lowest BCUT2D eigenvalue weighted by atomic mass is 10.0. The molecule has 2 rings (SSSR count). The maximum Gasteiger partial charge on any atom is 0.265 e. The quantitative estimate of drug-likeness (QED) is 0.773. The Balaban J connectivity index is 1.98. The van der Waals surface area contributed by atoms with Crippen LogP contribution in [0.2, 0.25) is 0 Å². The van der Waals surface area contributed by atoms with E-state index in [9.17, 15) is 9.90 Å². The van der Waals surface area contributed by atoms with Crippen molar-refractivity contribution in [3.05, 3.63) is 23.8 Å². The summed E-state index contributed by atoms with van der Waals surface area (Å²) in [5, 5.41) is 13.3. The normalized spacial score (nSPS) is 18.3. The number of anilines is 1. The SMILES string of the molecule is CCCN(CCC)CCC(O)c1ccc2c(c1)NC(=O)C(C)O2. The summed E-state index contributed by atoms with van der Waals surface area (Å²) in [7, 11) is 0. The second-order valence-corrected chi connectivity index (χ2v) is 6.15. The van der Waals surface area contributed by atoms with Crippen molar-refractivity contribution in [2.75, 3.05) is 25.0 Å². The Labute approximate surface area is 138 Å². The third-order valence-corrected chi connectivity index (χ3v) is 4.12. The number of benzene rings is 1. The Hall–Kier alpha value is -1.59. The molecule has 5 nitrogen and oxygen atoms in total. The number of ether oxygens (including phenoxy) is 1. The monoisotopic (exact) mass is 320 g/mol. The predicted molar refractivity (Wildman–Crippen MR) is 91.8 cm³/mol. The predicted octanol–water partition coefficient (Wildman–Crippen LogP) is 2.95. The first kappa shape index (κ1) is 17.8. The number of hydrogen-bond donors (Lipinski definition) is 2. The third kappa shape index (κ3) is 4.69. The van der Waals surface area contributed by atoms with Gasteiger partial charge < -0.3 is 20.1 Å². The van der Waals surface area contributed by atoms with Crippen molar-refractivity contribution in [2.24, 2.45) is 0 Å². The molecule has 2 atom stereocenters. The molecule has 0 fully saturated rings. The van der Waals surface area contributed by atoms with Gasteiger partial charge in [-0.1, -0.05) is 19.9 Å². The summed E-state index contributed by atoms with van der Waals surface area (Å²) in [6, 6.07) is 5.51. The number of amides is 1. The summed E-state index contributed by atoms with van der Waals surface area (Å²) in [6.07, 6.45) is 1.92. The van der Waals surface area contributed by atoms with Crippen molar-refractivity contribution >= 4 is 11.6 Å². The van der Waals surface area contributed by atoms with Gasteiger partial charge in [0.25, 0.3) is 5.91 Å². The van der Waals surface area contributed by atoms with Gasteiger partial charge >= 0.3 is 0 Å². The number of nitrogens with one attached hydrogen (secondary N) is 1. The molecule has 1 aliphatic rings. The fraction of sp³-hybridized carbons (Fsp3) is 0.611. The summed E-state index contributed by atoms with van der Waals surface area (Å²) in [4.78, 5) is 14.1. The van der Waals surface area contributed by atoms with Crippen LogP contribution in [0.1, 0.15) is 51.7 Å². The van der Waals surface area contributed by atoms with Gasteiger partial charge in [-0.3, -0.25) is 4.79 Å². The highest BCUT2D eigenvalue weighted by Crippen LogP contribution is 2.32. The molecule has 0 aromatic heterocycles. The molecule has 0 bridgehead atoms. The molecular weight excluding hydrogens is 292 g/mol. The smallest absolute Gasteiger partial charge is 0.265 e. The lowest BCUT2D eigenvalue weighted by Gasteiger charge is -2.25. The molecule has 0 aliphatic carbocycles. The third-order valence-electron chi connectivity index (χ3n) is 4.12. The molecule has 1 aromatic carbocycles. The molecule has 0 saturated heterocycles. The van der Waals surface area contributed by atoms with Crippen molar-refractivity contribution < 1.29 is 14.6 Å². The fourth-order valence-electron chi connectivity index (χ4n) is 2.87. The van der Waals surface area contributed by atoms with Crippen LogP contribution in [0.25, 0.3) is 0 Å². The molecule has 2 N–H and O–H groups in total. The van der Waals surface area contributed by atoms with Gasteiger partial charge in [0.1, 0.15) is 5.75 Å². The average Bonchev–Trinajstić information content (AvgIpc) is 2.53. The van der Waals surface area contributed by atoms with Crippen LogP contribution in [0.3, 0.4) is 0 Å². The van der Waals surface area contributed by atoms with Gasteiger partial charge in [-0.15, -0.1) is 0 Å². The maximum atomic E-state index is 11.7. The number of fused-ring (bicyclic) bond motifs is 1. The number of aliphatic hydroxyl groups excluding tert-OH is 1. The first-order valence-electron chi connectivity index (χ1n) is 8.57. The molecule has 23 heavy (non-hydrogen) atoms. The van der Waals surface area contributed by atoms with Crippen molar-refractivity contribution in [3.63, 3.8) is 0 Å². The molecule has 1 aliphatic heterocycles. The molecule has 0 saturated carbocycles. The second kappa shape index (κ2) is 8.31. The van der Waals surface area contributed by atoms with Gasteiger partial charge in [-0.2, -0.15) is 0 Å². The number of rotatable bonds is 8. The van der Waals surface area contributed by atoms with Gasteiger partial charge in [0.05, 0.1) is 11.8 Å². The van der Waals surface area contributed by atoms with E-state index in [1.165, 1.54) is 0 Å². The van der Waals surface area contributed by atoms with E-state index in [1.54, 1.807) is 6.92 Å². The first-order valence-corrected chi connectivity index (χ1v) is 8.57. The van der Waals surface area contributed by atoms with Gasteiger partial charge in [-0.05, 0) is 57.0 Å². The summed E-state index contributed by atoms with van der Waals surface area (Å²) in [6.45, 7) is 9.06. The lowest BCUT2D eigenvalue weighted by Crippen LogP contribution is -2.34. The van der Waals surface area contributed by atoms with Gasteiger partial charge in [0.15, 0.2) is 6.10 Å². The van der Waals surface area contributed by atoms with E-state index in [0.29, 0.717) is 17.9 Å².